The van der Waals surface area contributed by atoms with Gasteiger partial charge in [-0.05, 0) is 32.0 Å². The summed E-state index contributed by atoms with van der Waals surface area (Å²) in [6.07, 6.45) is 1.84. The summed E-state index contributed by atoms with van der Waals surface area (Å²) in [4.78, 5) is 18.1. The van der Waals surface area contributed by atoms with Crippen LogP contribution in [0.3, 0.4) is 0 Å². The first-order valence-corrected chi connectivity index (χ1v) is 6.69. The fraction of sp³-hybridized carbons (Fsp3) is 0.571. The maximum atomic E-state index is 11.7. The van der Waals surface area contributed by atoms with E-state index in [9.17, 15) is 4.79 Å². The Morgan fingerprint density at radius 2 is 2.16 bits per heavy atom. The minimum atomic E-state index is 0.0663. The molecule has 0 saturated heterocycles. The second-order valence-corrected chi connectivity index (χ2v) is 4.83. The van der Waals surface area contributed by atoms with E-state index in [0.717, 1.165) is 24.5 Å². The van der Waals surface area contributed by atoms with Crippen LogP contribution in [0.15, 0.2) is 18.3 Å². The minimum absolute atomic E-state index is 0.0663. The van der Waals surface area contributed by atoms with Crippen molar-refractivity contribution >= 4 is 11.7 Å². The predicted molar refractivity (Wildman–Crippen MR) is 78.0 cm³/mol. The van der Waals surface area contributed by atoms with Crippen LogP contribution in [0.1, 0.15) is 26.3 Å². The van der Waals surface area contributed by atoms with Gasteiger partial charge >= 0.3 is 0 Å². The molecule has 0 unspecified atom stereocenters. The molecule has 5 heteroatoms. The van der Waals surface area contributed by atoms with Gasteiger partial charge in [-0.25, -0.2) is 4.98 Å². The summed E-state index contributed by atoms with van der Waals surface area (Å²) in [6, 6.07) is 4.15. The Balaban J connectivity index is 2.53. The van der Waals surface area contributed by atoms with Crippen molar-refractivity contribution in [1.29, 1.82) is 0 Å². The number of likely N-dealkylation sites (N-methyl/N-ethyl adjacent to an activating group) is 1. The van der Waals surface area contributed by atoms with Gasteiger partial charge in [0.1, 0.15) is 5.82 Å². The molecule has 1 rings (SSSR count). The fourth-order valence-electron chi connectivity index (χ4n) is 1.77. The molecule has 0 spiro atoms. The van der Waals surface area contributed by atoms with Gasteiger partial charge in [-0.1, -0.05) is 13.0 Å². The van der Waals surface area contributed by atoms with E-state index in [1.165, 1.54) is 0 Å². The Hall–Kier alpha value is -1.62. The highest BCUT2D eigenvalue weighted by atomic mass is 16.2. The van der Waals surface area contributed by atoms with Crippen LogP contribution in [0.5, 0.6) is 0 Å². The Kier molecular flexibility index (Phi) is 6.29. The van der Waals surface area contributed by atoms with Crippen molar-refractivity contribution in [2.75, 3.05) is 25.5 Å². The molecule has 1 amide bonds. The zero-order chi connectivity index (χ0) is 14.3. The van der Waals surface area contributed by atoms with Gasteiger partial charge in [-0.3, -0.25) is 9.69 Å². The molecule has 0 saturated carbocycles. The van der Waals surface area contributed by atoms with Crippen LogP contribution in [0.25, 0.3) is 0 Å². The van der Waals surface area contributed by atoms with Crippen LogP contribution < -0.4 is 10.6 Å². The normalized spacial score (nSPS) is 10.8. The average Bonchev–Trinajstić information content (AvgIpc) is 2.37. The molecular weight excluding hydrogens is 240 g/mol. The second kappa shape index (κ2) is 7.74. The monoisotopic (exact) mass is 264 g/mol. The lowest BCUT2D eigenvalue weighted by Crippen LogP contribution is -2.39. The van der Waals surface area contributed by atoms with Crippen molar-refractivity contribution in [1.82, 2.24) is 15.2 Å². The van der Waals surface area contributed by atoms with Crippen LogP contribution in [-0.2, 0) is 11.3 Å². The number of aromatic nitrogens is 1. The van der Waals surface area contributed by atoms with E-state index in [1.54, 1.807) is 0 Å². The molecule has 1 aromatic heterocycles. The van der Waals surface area contributed by atoms with Gasteiger partial charge in [0.15, 0.2) is 0 Å². The highest BCUT2D eigenvalue weighted by Crippen LogP contribution is 2.07. The minimum Gasteiger partial charge on any atom is -0.373 e. The molecule has 2 N–H and O–H groups in total. The van der Waals surface area contributed by atoms with Gasteiger partial charge < -0.3 is 10.6 Å². The molecule has 0 bridgehead atoms. The van der Waals surface area contributed by atoms with Crippen LogP contribution in [-0.4, -0.2) is 42.0 Å². The number of nitrogens with zero attached hydrogens (tertiary/aromatic N) is 2. The number of anilines is 1. The average molecular weight is 264 g/mol. The molecule has 0 atom stereocenters. The molecule has 106 valence electrons. The summed E-state index contributed by atoms with van der Waals surface area (Å²) in [6.45, 7) is 7.97. The third-order valence-corrected chi connectivity index (χ3v) is 2.75. The molecular formula is C14H24N4O. The summed E-state index contributed by atoms with van der Waals surface area (Å²) in [5, 5.41) is 5.89. The van der Waals surface area contributed by atoms with Gasteiger partial charge in [0.05, 0.1) is 6.54 Å². The van der Waals surface area contributed by atoms with E-state index in [1.807, 2.05) is 39.2 Å². The topological polar surface area (TPSA) is 57.3 Å². The number of hydrogen-bond donors (Lipinski definition) is 2. The van der Waals surface area contributed by atoms with Gasteiger partial charge in [0, 0.05) is 25.8 Å². The van der Waals surface area contributed by atoms with Crippen LogP contribution >= 0.6 is 0 Å². The van der Waals surface area contributed by atoms with Crippen molar-refractivity contribution in [3.63, 3.8) is 0 Å². The van der Waals surface area contributed by atoms with Crippen LogP contribution in [0.4, 0.5) is 5.82 Å². The highest BCUT2D eigenvalue weighted by Gasteiger charge is 2.10. The van der Waals surface area contributed by atoms with E-state index in [4.69, 9.17) is 0 Å². The van der Waals surface area contributed by atoms with Crippen molar-refractivity contribution in [2.45, 2.75) is 33.4 Å². The number of rotatable bonds is 7. The molecule has 0 aliphatic rings. The summed E-state index contributed by atoms with van der Waals surface area (Å²) in [7, 11) is 1.84. The quantitative estimate of drug-likeness (QED) is 0.783. The fourth-order valence-corrected chi connectivity index (χ4v) is 1.77. The third-order valence-electron chi connectivity index (χ3n) is 2.75. The molecule has 1 aromatic rings. The smallest absolute Gasteiger partial charge is 0.234 e. The maximum absolute atomic E-state index is 11.7. The van der Waals surface area contributed by atoms with Crippen molar-refractivity contribution in [2.24, 2.45) is 0 Å². The Bertz CT molecular complexity index is 389. The highest BCUT2D eigenvalue weighted by molar-refractivity contribution is 5.78. The zero-order valence-electron chi connectivity index (χ0n) is 12.2. The summed E-state index contributed by atoms with van der Waals surface area (Å²) >= 11 is 0. The van der Waals surface area contributed by atoms with Crippen LogP contribution in [0, 0.1) is 0 Å². The molecule has 0 aliphatic carbocycles. The Labute approximate surface area is 115 Å². The van der Waals surface area contributed by atoms with Gasteiger partial charge in [0.2, 0.25) is 5.91 Å². The lowest BCUT2D eigenvalue weighted by Gasteiger charge is -2.20. The standard InChI is InChI=1S/C14H24N4O/c1-5-18(10-14(19)17-11(2)3)9-12-6-7-13(15-4)16-8-12/h6-8,11H,5,9-10H2,1-4H3,(H,15,16)(H,17,19). The Morgan fingerprint density at radius 1 is 1.42 bits per heavy atom. The zero-order valence-corrected chi connectivity index (χ0v) is 12.2. The van der Waals surface area contributed by atoms with Crippen molar-refractivity contribution in [3.8, 4) is 0 Å². The van der Waals surface area contributed by atoms with Gasteiger partial charge in [0.25, 0.3) is 0 Å². The first-order chi connectivity index (χ1) is 9.05. The van der Waals surface area contributed by atoms with Crippen molar-refractivity contribution < 1.29 is 4.79 Å². The largest absolute Gasteiger partial charge is 0.373 e. The number of amides is 1. The molecule has 0 aromatic carbocycles. The van der Waals surface area contributed by atoms with E-state index in [-0.39, 0.29) is 11.9 Å². The SMILES string of the molecule is CCN(CC(=O)NC(C)C)Cc1ccc(NC)nc1. The number of hydrogen-bond acceptors (Lipinski definition) is 4. The number of pyridine rings is 1. The first-order valence-electron chi connectivity index (χ1n) is 6.69. The first kappa shape index (κ1) is 15.4. The maximum Gasteiger partial charge on any atom is 0.234 e. The number of carbonyl (C=O) groups is 1. The molecule has 5 nitrogen and oxygen atoms in total. The molecule has 0 aliphatic heterocycles. The molecule has 0 radical (unpaired) electrons. The van der Waals surface area contributed by atoms with E-state index < -0.39 is 0 Å². The predicted octanol–water partition coefficient (Wildman–Crippen LogP) is 1.47. The lowest BCUT2D eigenvalue weighted by atomic mass is 10.2. The van der Waals surface area contributed by atoms with E-state index >= 15 is 0 Å². The van der Waals surface area contributed by atoms with Gasteiger partial charge in [-0.15, -0.1) is 0 Å². The summed E-state index contributed by atoms with van der Waals surface area (Å²) < 4.78 is 0. The number of nitrogens with one attached hydrogen (secondary N) is 2. The number of carbonyl (C=O) groups excluding carboxylic acids is 1. The van der Waals surface area contributed by atoms with E-state index in [0.29, 0.717) is 6.54 Å². The molecule has 0 fully saturated rings. The van der Waals surface area contributed by atoms with Crippen molar-refractivity contribution in [3.05, 3.63) is 23.9 Å². The second-order valence-electron chi connectivity index (χ2n) is 4.83. The van der Waals surface area contributed by atoms with Crippen LogP contribution in [0.2, 0.25) is 0 Å². The van der Waals surface area contributed by atoms with Gasteiger partial charge in [-0.2, -0.15) is 0 Å². The third kappa shape index (κ3) is 5.70. The molecule has 19 heavy (non-hydrogen) atoms. The van der Waals surface area contributed by atoms with E-state index in [2.05, 4.69) is 27.4 Å². The summed E-state index contributed by atoms with van der Waals surface area (Å²) in [5.41, 5.74) is 1.11. The molecule has 1 heterocycles. The summed E-state index contributed by atoms with van der Waals surface area (Å²) in [5.74, 6) is 0.918. The Morgan fingerprint density at radius 3 is 2.63 bits per heavy atom. The lowest BCUT2D eigenvalue weighted by molar-refractivity contribution is -0.122.